The van der Waals surface area contributed by atoms with E-state index < -0.39 is 53.6 Å². The van der Waals surface area contributed by atoms with Crippen LogP contribution in [0.3, 0.4) is 0 Å². The number of rotatable bonds is 11. The average molecular weight is 756 g/mol. The minimum absolute atomic E-state index is 0.106. The van der Waals surface area contributed by atoms with E-state index in [-0.39, 0.29) is 41.4 Å². The summed E-state index contributed by atoms with van der Waals surface area (Å²) in [7, 11) is -4.54. The van der Waals surface area contributed by atoms with Gasteiger partial charge in [-0.2, -0.15) is 10.3 Å². The number of nitrogens with zero attached hydrogens (tertiary/aromatic N) is 6. The first-order chi connectivity index (χ1) is 24.1. The number of aryl methyl sites for hydroxylation is 1. The molecule has 2 aromatic carbocycles. The molecule has 51 heavy (non-hydrogen) atoms. The zero-order chi connectivity index (χ0) is 36.7. The number of H-pyrrole nitrogens is 1. The van der Waals surface area contributed by atoms with Gasteiger partial charge in [0.15, 0.2) is 21.5 Å². The molecular formula is C33H32ClF2N9O4S2. The van der Waals surface area contributed by atoms with Crippen molar-refractivity contribution in [2.24, 2.45) is 7.05 Å². The molecule has 266 valence electrons. The van der Waals surface area contributed by atoms with Crippen molar-refractivity contribution in [1.82, 2.24) is 40.7 Å². The van der Waals surface area contributed by atoms with Crippen molar-refractivity contribution in [3.63, 3.8) is 0 Å². The van der Waals surface area contributed by atoms with E-state index in [9.17, 15) is 26.2 Å². The molecule has 6 rings (SSSR count). The summed E-state index contributed by atoms with van der Waals surface area (Å²) in [5, 5.41) is 20.2. The Morgan fingerprint density at radius 3 is 2.49 bits per heavy atom. The van der Waals surface area contributed by atoms with Crippen LogP contribution in [0.5, 0.6) is 0 Å². The smallest absolute Gasteiger partial charge is 0.228 e. The van der Waals surface area contributed by atoms with Crippen molar-refractivity contribution in [1.29, 1.82) is 0 Å². The van der Waals surface area contributed by atoms with E-state index in [4.69, 9.17) is 16.6 Å². The van der Waals surface area contributed by atoms with E-state index >= 15 is 0 Å². The standard InChI is InChI=1S/C33H32ClF2N9O4S2/c1-18(51(48,49)23-8-9-23)5-6-22-7-10-24(25-11-12-26(34)30-32(25)45(2)41-33(30)42-50(3,4)47)31(37-22)27(15-19-13-20(35)16-21(36)14-19)38-29(46)17-28-39-43-44-40-28/h7,10-14,16,18,23,27H,3,8-9,15,17H2,1-2,4H3,(H,38,46)(H,41,42,47)(H,39,40,43,44)/t18?,27-,50?/m0/s1. The second-order valence-electron chi connectivity index (χ2n) is 12.3. The molecule has 13 nitrogen and oxygen atoms in total. The molecule has 0 spiro atoms. The number of aromatic nitrogens is 7. The summed E-state index contributed by atoms with van der Waals surface area (Å²) in [6.45, 7) is 1.52. The summed E-state index contributed by atoms with van der Waals surface area (Å²) in [5.41, 5.74) is 2.15. The third-order valence-corrected chi connectivity index (χ3v) is 11.5. The Morgan fingerprint density at radius 2 is 1.84 bits per heavy atom. The monoisotopic (exact) mass is 755 g/mol. The molecule has 5 aromatic rings. The number of hydrogen-bond acceptors (Lipinski definition) is 9. The number of carbonyl (C=O) groups excluding carboxylic acids is 1. The average Bonchev–Trinajstić information content (AvgIpc) is 3.71. The SMILES string of the molecule is C=S(C)(=O)Nc1nn(C)c2c(-c3ccc(C#CC(C)S(=O)(=O)C4CC4)nc3[C@H](Cc3cc(F)cc(F)c3)NC(=O)Cc3nn[nH]n3)ccc(Cl)c12. The van der Waals surface area contributed by atoms with Crippen LogP contribution in [-0.4, -0.2) is 76.5 Å². The molecule has 2 unspecified atom stereocenters. The van der Waals surface area contributed by atoms with Gasteiger partial charge in [0.1, 0.15) is 22.6 Å². The number of aromatic amines is 1. The Labute approximate surface area is 297 Å². The zero-order valence-electron chi connectivity index (χ0n) is 27.6. The number of carbonyl (C=O) groups is 1. The van der Waals surface area contributed by atoms with E-state index in [1.165, 1.54) is 17.9 Å². The maximum Gasteiger partial charge on any atom is 0.228 e. The van der Waals surface area contributed by atoms with Gasteiger partial charge in [0.25, 0.3) is 0 Å². The lowest BCUT2D eigenvalue weighted by Crippen LogP contribution is -2.32. The van der Waals surface area contributed by atoms with Gasteiger partial charge in [-0.15, -0.1) is 10.2 Å². The van der Waals surface area contributed by atoms with Crippen LogP contribution in [0.2, 0.25) is 5.02 Å². The Bertz CT molecular complexity index is 2420. The number of fused-ring (bicyclic) bond motifs is 1. The van der Waals surface area contributed by atoms with Crippen molar-refractivity contribution in [2.75, 3.05) is 11.0 Å². The quantitative estimate of drug-likeness (QED) is 0.134. The number of nitrogens with one attached hydrogen (secondary N) is 3. The van der Waals surface area contributed by atoms with Crippen molar-refractivity contribution in [3.05, 3.63) is 81.9 Å². The van der Waals surface area contributed by atoms with Crippen LogP contribution in [-0.2, 0) is 44.2 Å². The third kappa shape index (κ3) is 8.19. The summed E-state index contributed by atoms with van der Waals surface area (Å²) in [6.07, 6.45) is 2.22. The number of pyridine rings is 1. The van der Waals surface area contributed by atoms with Gasteiger partial charge >= 0.3 is 0 Å². The first kappa shape index (κ1) is 35.9. The number of benzene rings is 2. The summed E-state index contributed by atoms with van der Waals surface area (Å²) in [6, 6.07) is 8.66. The summed E-state index contributed by atoms with van der Waals surface area (Å²) >= 11 is 6.66. The van der Waals surface area contributed by atoms with Gasteiger partial charge in [0.2, 0.25) is 5.91 Å². The lowest BCUT2D eigenvalue weighted by atomic mass is 9.93. The first-order valence-electron chi connectivity index (χ1n) is 15.6. The summed E-state index contributed by atoms with van der Waals surface area (Å²) in [5.74, 6) is 7.50. The minimum atomic E-state index is -3.45. The molecular weight excluding hydrogens is 724 g/mol. The van der Waals surface area contributed by atoms with Crippen LogP contribution in [0.4, 0.5) is 14.6 Å². The topological polar surface area (TPSA) is 178 Å². The van der Waals surface area contributed by atoms with E-state index in [2.05, 4.69) is 53.5 Å². The van der Waals surface area contributed by atoms with Crippen molar-refractivity contribution >= 4 is 59.6 Å². The lowest BCUT2D eigenvalue weighted by Gasteiger charge is -2.22. The molecule has 1 amide bonds. The molecule has 0 bridgehead atoms. The van der Waals surface area contributed by atoms with Crippen LogP contribution in [0.25, 0.3) is 22.0 Å². The summed E-state index contributed by atoms with van der Waals surface area (Å²) < 4.78 is 71.5. The molecule has 3 atom stereocenters. The predicted molar refractivity (Wildman–Crippen MR) is 191 cm³/mol. The maximum absolute atomic E-state index is 14.4. The van der Waals surface area contributed by atoms with Gasteiger partial charge in [-0.25, -0.2) is 26.4 Å². The fourth-order valence-corrected chi connectivity index (χ4v) is 8.07. The molecule has 1 aliphatic rings. The largest absolute Gasteiger partial charge is 0.347 e. The molecule has 3 N–H and O–H groups in total. The van der Waals surface area contributed by atoms with Gasteiger partial charge in [-0.1, -0.05) is 28.8 Å². The predicted octanol–water partition coefficient (Wildman–Crippen LogP) is 3.71. The van der Waals surface area contributed by atoms with Gasteiger partial charge in [-0.3, -0.25) is 14.2 Å². The van der Waals surface area contributed by atoms with Crippen molar-refractivity contribution < 1.29 is 26.2 Å². The van der Waals surface area contributed by atoms with Gasteiger partial charge in [0, 0.05) is 40.2 Å². The highest BCUT2D eigenvalue weighted by molar-refractivity contribution is 8.00. The molecule has 0 radical (unpaired) electrons. The van der Waals surface area contributed by atoms with Gasteiger partial charge < -0.3 is 5.32 Å². The maximum atomic E-state index is 14.4. The molecule has 0 saturated heterocycles. The number of sulfone groups is 1. The number of amides is 1. The number of tetrazole rings is 1. The number of hydrogen-bond donors (Lipinski definition) is 3. The Hall–Kier alpha value is -4.92. The van der Waals surface area contributed by atoms with Crippen LogP contribution >= 0.6 is 11.6 Å². The second-order valence-corrected chi connectivity index (χ2v) is 17.5. The molecule has 1 fully saturated rings. The zero-order valence-corrected chi connectivity index (χ0v) is 30.0. The molecule has 1 saturated carbocycles. The summed E-state index contributed by atoms with van der Waals surface area (Å²) in [4.78, 5) is 18.2. The van der Waals surface area contributed by atoms with E-state index in [1.807, 2.05) is 0 Å². The third-order valence-electron chi connectivity index (χ3n) is 8.09. The fourth-order valence-electron chi connectivity index (χ4n) is 5.68. The molecule has 1 aliphatic carbocycles. The molecule has 18 heteroatoms. The molecule has 3 aromatic heterocycles. The van der Waals surface area contributed by atoms with E-state index in [0.717, 1.165) is 18.2 Å². The van der Waals surface area contributed by atoms with Crippen LogP contribution < -0.4 is 10.0 Å². The highest BCUT2D eigenvalue weighted by Crippen LogP contribution is 2.40. The Balaban J connectivity index is 1.54. The van der Waals surface area contributed by atoms with Gasteiger partial charge in [-0.05, 0) is 73.9 Å². The first-order valence-corrected chi connectivity index (χ1v) is 19.7. The minimum Gasteiger partial charge on any atom is -0.347 e. The van der Waals surface area contributed by atoms with Crippen LogP contribution in [0, 0.1) is 23.5 Å². The van der Waals surface area contributed by atoms with Crippen molar-refractivity contribution in [2.45, 2.75) is 49.1 Å². The van der Waals surface area contributed by atoms with E-state index in [0.29, 0.717) is 39.9 Å². The Kier molecular flexibility index (Phi) is 9.86. The molecule has 0 aliphatic heterocycles. The fraction of sp³-hybridized carbons (Fsp3) is 0.303. The lowest BCUT2D eigenvalue weighted by molar-refractivity contribution is -0.121. The highest BCUT2D eigenvalue weighted by Gasteiger charge is 2.38. The number of halogens is 3. The Morgan fingerprint density at radius 1 is 1.14 bits per heavy atom. The van der Waals surface area contributed by atoms with Crippen LogP contribution in [0.1, 0.15) is 48.6 Å². The number of anilines is 1. The second kappa shape index (κ2) is 14.0. The highest BCUT2D eigenvalue weighted by atomic mass is 35.5. The van der Waals surface area contributed by atoms with Crippen molar-refractivity contribution in [3.8, 4) is 23.0 Å². The van der Waals surface area contributed by atoms with E-state index in [1.54, 1.807) is 31.3 Å². The normalized spacial score (nSPS) is 15.4. The van der Waals surface area contributed by atoms with Crippen LogP contribution in [0.15, 0.2) is 42.5 Å². The molecule has 3 heterocycles. The van der Waals surface area contributed by atoms with Gasteiger partial charge in [0.05, 0.1) is 39.3 Å².